The van der Waals surface area contributed by atoms with Gasteiger partial charge < -0.3 is 64.2 Å². The van der Waals surface area contributed by atoms with Crippen molar-refractivity contribution in [1.82, 2.24) is 0 Å². The number of aliphatic hydroxyl groups is 7. The van der Waals surface area contributed by atoms with Crippen LogP contribution >= 0.6 is 0 Å². The van der Waals surface area contributed by atoms with E-state index in [2.05, 4.69) is 6.92 Å². The minimum absolute atomic E-state index is 0.00470. The molecule has 7 N–H and O–H groups in total. The van der Waals surface area contributed by atoms with Crippen molar-refractivity contribution in [3.05, 3.63) is 11.6 Å². The third-order valence-electron chi connectivity index (χ3n) is 14.0. The summed E-state index contributed by atoms with van der Waals surface area (Å²) in [5.41, 5.74) is -2.94. The third-order valence-corrected chi connectivity index (χ3v) is 14.0. The Morgan fingerprint density at radius 2 is 1.69 bits per heavy atom. The van der Waals surface area contributed by atoms with E-state index in [1.165, 1.54) is 0 Å². The minimum atomic E-state index is -1.62. The zero-order valence-electron chi connectivity index (χ0n) is 28.1. The van der Waals surface area contributed by atoms with Crippen LogP contribution in [0.25, 0.3) is 0 Å². The van der Waals surface area contributed by atoms with Crippen LogP contribution in [0.5, 0.6) is 0 Å². The van der Waals surface area contributed by atoms with Crippen molar-refractivity contribution in [3.63, 3.8) is 0 Å². The molecule has 14 heteroatoms. The molecule has 6 fully saturated rings. The largest absolute Gasteiger partial charge is 0.458 e. The summed E-state index contributed by atoms with van der Waals surface area (Å²) in [4.78, 5) is 25.0. The van der Waals surface area contributed by atoms with Crippen molar-refractivity contribution < 1.29 is 69.0 Å². The van der Waals surface area contributed by atoms with Crippen molar-refractivity contribution in [1.29, 1.82) is 0 Å². The lowest BCUT2D eigenvalue weighted by Crippen LogP contribution is -2.69. The second kappa shape index (κ2) is 12.8. The highest BCUT2D eigenvalue weighted by molar-refractivity contribution is 5.85. The van der Waals surface area contributed by atoms with Crippen LogP contribution in [0.15, 0.2) is 11.6 Å². The zero-order valence-corrected chi connectivity index (χ0v) is 28.1. The van der Waals surface area contributed by atoms with Gasteiger partial charge in [-0.2, -0.15) is 0 Å². The van der Waals surface area contributed by atoms with Gasteiger partial charge in [-0.25, -0.2) is 4.79 Å². The molecule has 0 amide bonds. The summed E-state index contributed by atoms with van der Waals surface area (Å²) in [5, 5.41) is 75.9. The Morgan fingerprint density at radius 1 is 0.939 bits per heavy atom. The van der Waals surface area contributed by atoms with E-state index < -0.39 is 90.1 Å². The number of esters is 1. The summed E-state index contributed by atoms with van der Waals surface area (Å²) in [6.07, 6.45) is -4.38. The predicted molar refractivity (Wildman–Crippen MR) is 166 cm³/mol. The Kier molecular flexibility index (Phi) is 9.38. The average Bonchev–Trinajstić information content (AvgIpc) is 3.61. The number of fused-ring (bicyclic) bond motifs is 5. The molecular weight excluding hydrogens is 644 g/mol. The molecule has 4 aliphatic carbocycles. The topological polar surface area (TPSA) is 222 Å². The molecule has 3 aliphatic heterocycles. The van der Waals surface area contributed by atoms with Crippen LogP contribution in [0, 0.1) is 28.6 Å². The quantitative estimate of drug-likeness (QED) is 0.102. The van der Waals surface area contributed by atoms with E-state index in [-0.39, 0.29) is 43.2 Å². The molecule has 3 heterocycles. The van der Waals surface area contributed by atoms with Gasteiger partial charge in [-0.05, 0) is 81.6 Å². The summed E-state index contributed by atoms with van der Waals surface area (Å²) in [5.74, 6) is -0.688. The fourth-order valence-corrected chi connectivity index (χ4v) is 11.3. The van der Waals surface area contributed by atoms with Gasteiger partial charge in [0.25, 0.3) is 0 Å². The molecule has 1 unspecified atom stereocenters. The number of aliphatic hydroxyl groups excluding tert-OH is 5. The van der Waals surface area contributed by atoms with Gasteiger partial charge in [0.1, 0.15) is 43.4 Å². The molecule has 0 aromatic heterocycles. The van der Waals surface area contributed by atoms with Crippen LogP contribution in [0.1, 0.15) is 78.1 Å². The normalized spacial score (nSPS) is 54.3. The smallest absolute Gasteiger partial charge is 0.331 e. The van der Waals surface area contributed by atoms with E-state index in [1.54, 1.807) is 13.0 Å². The third kappa shape index (κ3) is 5.47. The van der Waals surface area contributed by atoms with Gasteiger partial charge in [0, 0.05) is 24.3 Å². The number of carbonyl (C=O) groups is 2. The summed E-state index contributed by atoms with van der Waals surface area (Å²) in [6, 6.07) is 0. The fourth-order valence-electron chi connectivity index (χ4n) is 11.3. The van der Waals surface area contributed by atoms with E-state index in [4.69, 9.17) is 23.7 Å². The Morgan fingerprint density at radius 3 is 2.37 bits per heavy atom. The molecule has 17 atom stereocenters. The average molecular weight is 697 g/mol. The second-order valence-corrected chi connectivity index (χ2v) is 16.1. The monoisotopic (exact) mass is 696 g/mol. The first-order chi connectivity index (χ1) is 23.2. The SMILES string of the molecule is C[C@H]1O[C@@H](O[C@H]2CC[C@]3(C=O)[C@H]4CC[C@]5(C)[C@@H](C6=CC(=O)OC6)CC[C@]5(O)C4CC[C@]3(O)C2)C[C@@H](O)[C@@H]1O[C@@H]1O[C@H](CO)[C@@H](O)[C@H](O)[C@H]1O. The van der Waals surface area contributed by atoms with Crippen LogP contribution in [0.2, 0.25) is 0 Å². The van der Waals surface area contributed by atoms with Crippen molar-refractivity contribution >= 4 is 12.3 Å². The van der Waals surface area contributed by atoms with Crippen LogP contribution in [-0.2, 0) is 33.3 Å². The number of aldehydes is 1. The Hall–Kier alpha value is -1.56. The molecule has 0 aromatic carbocycles. The maximum absolute atomic E-state index is 13.2. The summed E-state index contributed by atoms with van der Waals surface area (Å²) >= 11 is 0. The molecule has 0 radical (unpaired) electrons. The van der Waals surface area contributed by atoms with Gasteiger partial charge in [-0.1, -0.05) is 6.92 Å². The second-order valence-electron chi connectivity index (χ2n) is 16.1. The summed E-state index contributed by atoms with van der Waals surface area (Å²) in [6.45, 7) is 3.42. The van der Waals surface area contributed by atoms with Gasteiger partial charge in [-0.3, -0.25) is 0 Å². The summed E-state index contributed by atoms with van der Waals surface area (Å²) in [7, 11) is 0. The Balaban J connectivity index is 1.00. The number of hydrogen-bond acceptors (Lipinski definition) is 14. The molecular formula is C35H52O14. The Bertz CT molecular complexity index is 1300. The standard InChI is InChI=1S/C35H52O14/c1-17-30(49-31-29(42)28(41)27(40)24(14-36)48-31)23(38)12-26(46-17)47-19-3-8-33(16-37)21-4-7-32(2)20(18-11-25(39)45-15-18)6-10-35(32,44)22(21)5-9-34(33,43)13-19/h11,16-17,19-24,26-31,36,38,40-44H,3-10,12-15H2,1-2H3/t17-,19+,20-,21+,22?,23-,24-,26+,27-,28+,29-,30-,31+,32-,33+,34+,35+/m1/s1. The molecule has 4 saturated carbocycles. The number of carbonyl (C=O) groups excluding carboxylic acids is 2. The number of rotatable bonds is 7. The van der Waals surface area contributed by atoms with Gasteiger partial charge in [0.05, 0.1) is 41.5 Å². The lowest BCUT2D eigenvalue weighted by atomic mass is 9.41. The van der Waals surface area contributed by atoms with Crippen LogP contribution in [-0.4, -0.2) is 134 Å². The van der Waals surface area contributed by atoms with Crippen LogP contribution in [0.4, 0.5) is 0 Å². The maximum atomic E-state index is 13.2. The lowest BCUT2D eigenvalue weighted by Gasteiger charge is -2.65. The van der Waals surface area contributed by atoms with Crippen molar-refractivity contribution in [3.8, 4) is 0 Å². The molecule has 2 saturated heterocycles. The van der Waals surface area contributed by atoms with Crippen molar-refractivity contribution in [2.45, 2.75) is 151 Å². The molecule has 49 heavy (non-hydrogen) atoms. The number of hydrogen-bond donors (Lipinski definition) is 7. The molecule has 0 bridgehead atoms. The van der Waals surface area contributed by atoms with Crippen molar-refractivity contribution in [2.24, 2.45) is 28.6 Å². The van der Waals surface area contributed by atoms with Gasteiger partial charge in [-0.15, -0.1) is 0 Å². The fraction of sp³-hybridized carbons (Fsp3) is 0.886. The lowest BCUT2D eigenvalue weighted by molar-refractivity contribution is -0.345. The van der Waals surface area contributed by atoms with E-state index in [1.807, 2.05) is 0 Å². The van der Waals surface area contributed by atoms with E-state index >= 15 is 0 Å². The predicted octanol–water partition coefficient (Wildman–Crippen LogP) is -0.397. The Labute approximate surface area is 285 Å². The minimum Gasteiger partial charge on any atom is -0.458 e. The highest BCUT2D eigenvalue weighted by Gasteiger charge is 2.71. The number of cyclic esters (lactones) is 1. The van der Waals surface area contributed by atoms with Crippen molar-refractivity contribution in [2.75, 3.05) is 13.2 Å². The van der Waals surface area contributed by atoms with E-state index in [9.17, 15) is 45.3 Å². The molecule has 7 aliphatic rings. The first kappa shape index (κ1) is 35.8. The molecule has 0 spiro atoms. The van der Waals surface area contributed by atoms with E-state index in [0.717, 1.165) is 18.3 Å². The zero-order chi connectivity index (χ0) is 35.1. The van der Waals surface area contributed by atoms with Crippen LogP contribution < -0.4 is 0 Å². The van der Waals surface area contributed by atoms with Gasteiger partial charge in [0.15, 0.2) is 12.6 Å². The maximum Gasteiger partial charge on any atom is 0.331 e. The molecule has 276 valence electrons. The van der Waals surface area contributed by atoms with Gasteiger partial charge >= 0.3 is 5.97 Å². The molecule has 0 aromatic rings. The van der Waals surface area contributed by atoms with E-state index in [0.29, 0.717) is 44.9 Å². The number of ether oxygens (including phenoxy) is 5. The summed E-state index contributed by atoms with van der Waals surface area (Å²) < 4.78 is 28.9. The van der Waals surface area contributed by atoms with Gasteiger partial charge in [0.2, 0.25) is 0 Å². The van der Waals surface area contributed by atoms with Crippen LogP contribution in [0.3, 0.4) is 0 Å². The molecule has 14 nitrogen and oxygen atoms in total. The highest BCUT2D eigenvalue weighted by atomic mass is 16.7. The molecule has 7 rings (SSSR count). The highest BCUT2D eigenvalue weighted by Crippen LogP contribution is 2.70. The first-order valence-electron chi connectivity index (χ1n) is 17.9. The first-order valence-corrected chi connectivity index (χ1v) is 17.9.